The second-order valence-corrected chi connectivity index (χ2v) is 7.92. The Labute approximate surface area is 132 Å². The Morgan fingerprint density at radius 3 is 2.05 bits per heavy atom. The summed E-state index contributed by atoms with van der Waals surface area (Å²) in [4.78, 5) is 2.65. The van der Waals surface area contributed by atoms with E-state index in [9.17, 15) is 5.26 Å². The zero-order valence-electron chi connectivity index (χ0n) is 15.0. The van der Waals surface area contributed by atoms with Gasteiger partial charge in [-0.3, -0.25) is 4.90 Å². The SMILES string of the molecule is CCCCN(CCCC)C1CC(C(C)(C)C)CCC1C#N. The second-order valence-electron chi connectivity index (χ2n) is 7.92. The zero-order chi connectivity index (χ0) is 15.9. The first-order valence-electron chi connectivity index (χ1n) is 9.07. The van der Waals surface area contributed by atoms with E-state index in [4.69, 9.17) is 0 Å². The van der Waals surface area contributed by atoms with Gasteiger partial charge in [-0.15, -0.1) is 0 Å². The van der Waals surface area contributed by atoms with Gasteiger partial charge in [-0.1, -0.05) is 47.5 Å². The smallest absolute Gasteiger partial charge is 0.0672 e. The molecule has 0 N–H and O–H groups in total. The van der Waals surface area contributed by atoms with Crippen molar-refractivity contribution in [2.45, 2.75) is 85.6 Å². The maximum absolute atomic E-state index is 9.57. The Morgan fingerprint density at radius 1 is 1.05 bits per heavy atom. The number of nitrogens with zero attached hydrogens (tertiary/aromatic N) is 2. The lowest BCUT2D eigenvalue weighted by molar-refractivity contribution is 0.0584. The lowest BCUT2D eigenvalue weighted by atomic mass is 9.67. The average Bonchev–Trinajstić information content (AvgIpc) is 2.46. The Bertz CT molecular complexity index is 315. The summed E-state index contributed by atoms with van der Waals surface area (Å²) < 4.78 is 0. The molecule has 1 aliphatic rings. The molecule has 0 amide bonds. The molecule has 2 heteroatoms. The van der Waals surface area contributed by atoms with E-state index in [2.05, 4.69) is 45.6 Å². The van der Waals surface area contributed by atoms with E-state index in [1.165, 1.54) is 51.6 Å². The third-order valence-electron chi connectivity index (χ3n) is 5.27. The van der Waals surface area contributed by atoms with Crippen LogP contribution >= 0.6 is 0 Å². The van der Waals surface area contributed by atoms with Crippen LogP contribution in [0.4, 0.5) is 0 Å². The second kappa shape index (κ2) is 8.79. The summed E-state index contributed by atoms with van der Waals surface area (Å²) in [5, 5.41) is 9.57. The minimum Gasteiger partial charge on any atom is -0.299 e. The molecule has 0 aliphatic heterocycles. The van der Waals surface area contributed by atoms with Crippen molar-refractivity contribution in [3.63, 3.8) is 0 Å². The standard InChI is InChI=1S/C19H36N2/c1-6-8-12-21(13-9-7-2)18-14-17(19(3,4)5)11-10-16(18)15-20/h16-18H,6-14H2,1-5H3. The van der Waals surface area contributed by atoms with E-state index in [-0.39, 0.29) is 5.92 Å². The number of hydrogen-bond donors (Lipinski definition) is 0. The first kappa shape index (κ1) is 18.5. The molecule has 0 aromatic carbocycles. The average molecular weight is 293 g/mol. The van der Waals surface area contributed by atoms with E-state index >= 15 is 0 Å². The van der Waals surface area contributed by atoms with E-state index in [1.807, 2.05) is 0 Å². The fourth-order valence-corrected chi connectivity index (χ4v) is 3.65. The molecule has 1 saturated carbocycles. The van der Waals surface area contributed by atoms with Crippen LogP contribution in [0.2, 0.25) is 0 Å². The molecule has 0 spiro atoms. The third-order valence-corrected chi connectivity index (χ3v) is 5.27. The highest BCUT2D eigenvalue weighted by Crippen LogP contribution is 2.41. The van der Waals surface area contributed by atoms with Crippen LogP contribution in [0.5, 0.6) is 0 Å². The molecule has 122 valence electrons. The molecule has 0 bridgehead atoms. The van der Waals surface area contributed by atoms with Crippen molar-refractivity contribution < 1.29 is 0 Å². The van der Waals surface area contributed by atoms with Gasteiger partial charge in [0.25, 0.3) is 0 Å². The van der Waals surface area contributed by atoms with E-state index in [1.54, 1.807) is 0 Å². The quantitative estimate of drug-likeness (QED) is 0.641. The molecule has 1 fully saturated rings. The van der Waals surface area contributed by atoms with Gasteiger partial charge in [-0.2, -0.15) is 5.26 Å². The molecule has 21 heavy (non-hydrogen) atoms. The minimum atomic E-state index is 0.248. The van der Waals surface area contributed by atoms with Gasteiger partial charge >= 0.3 is 0 Å². The van der Waals surface area contributed by atoms with Gasteiger partial charge in [0.05, 0.1) is 12.0 Å². The van der Waals surface area contributed by atoms with Crippen LogP contribution < -0.4 is 0 Å². The van der Waals surface area contributed by atoms with Crippen LogP contribution in [-0.2, 0) is 0 Å². The zero-order valence-corrected chi connectivity index (χ0v) is 15.0. The molecule has 3 atom stereocenters. The maximum Gasteiger partial charge on any atom is 0.0672 e. The van der Waals surface area contributed by atoms with Crippen molar-refractivity contribution in [2.75, 3.05) is 13.1 Å². The lowest BCUT2D eigenvalue weighted by Gasteiger charge is -2.44. The Kier molecular flexibility index (Phi) is 7.74. The Morgan fingerprint density at radius 2 is 1.62 bits per heavy atom. The van der Waals surface area contributed by atoms with Gasteiger partial charge in [-0.25, -0.2) is 0 Å². The summed E-state index contributed by atoms with van der Waals surface area (Å²) in [6, 6.07) is 3.11. The Balaban J connectivity index is 2.80. The molecule has 1 rings (SSSR count). The molecule has 2 nitrogen and oxygen atoms in total. The van der Waals surface area contributed by atoms with E-state index in [0.29, 0.717) is 11.5 Å². The van der Waals surface area contributed by atoms with Crippen molar-refractivity contribution in [1.29, 1.82) is 5.26 Å². The lowest BCUT2D eigenvalue weighted by Crippen LogP contribution is -2.46. The fraction of sp³-hybridized carbons (Fsp3) is 0.947. The van der Waals surface area contributed by atoms with Gasteiger partial charge in [0.15, 0.2) is 0 Å². The van der Waals surface area contributed by atoms with E-state index < -0.39 is 0 Å². The van der Waals surface area contributed by atoms with Gasteiger partial charge in [0.1, 0.15) is 0 Å². The van der Waals surface area contributed by atoms with Crippen LogP contribution in [0, 0.1) is 28.6 Å². The predicted molar refractivity (Wildman–Crippen MR) is 91.1 cm³/mol. The van der Waals surface area contributed by atoms with Crippen LogP contribution in [0.1, 0.15) is 79.6 Å². The molecule has 1 aliphatic carbocycles. The van der Waals surface area contributed by atoms with Crippen molar-refractivity contribution in [3.8, 4) is 6.07 Å². The van der Waals surface area contributed by atoms with Crippen molar-refractivity contribution in [1.82, 2.24) is 4.90 Å². The molecule has 0 aromatic rings. The Hall–Kier alpha value is -0.550. The van der Waals surface area contributed by atoms with Gasteiger partial charge < -0.3 is 0 Å². The number of rotatable bonds is 7. The number of hydrogen-bond acceptors (Lipinski definition) is 2. The van der Waals surface area contributed by atoms with Crippen molar-refractivity contribution in [2.24, 2.45) is 17.3 Å². The first-order chi connectivity index (χ1) is 9.93. The summed E-state index contributed by atoms with van der Waals surface area (Å²) >= 11 is 0. The normalized spacial score (nSPS) is 26.8. The minimum absolute atomic E-state index is 0.248. The van der Waals surface area contributed by atoms with Crippen molar-refractivity contribution in [3.05, 3.63) is 0 Å². The summed E-state index contributed by atoms with van der Waals surface area (Å²) in [5.41, 5.74) is 0.375. The third kappa shape index (κ3) is 5.62. The highest BCUT2D eigenvalue weighted by Gasteiger charge is 2.38. The fourth-order valence-electron chi connectivity index (χ4n) is 3.65. The summed E-state index contributed by atoms with van der Waals surface area (Å²) in [6.45, 7) is 14.0. The van der Waals surface area contributed by atoms with Crippen LogP contribution in [0.3, 0.4) is 0 Å². The van der Waals surface area contributed by atoms with Gasteiger partial charge in [0.2, 0.25) is 0 Å². The molecule has 0 heterocycles. The van der Waals surface area contributed by atoms with E-state index in [0.717, 1.165) is 12.3 Å². The number of nitriles is 1. The summed E-state index contributed by atoms with van der Waals surface area (Å²) in [5.74, 6) is 1.01. The summed E-state index contributed by atoms with van der Waals surface area (Å²) in [6.07, 6.45) is 8.56. The molecule has 0 saturated heterocycles. The molecule has 3 unspecified atom stereocenters. The highest BCUT2D eigenvalue weighted by molar-refractivity contribution is 4.99. The largest absolute Gasteiger partial charge is 0.299 e. The maximum atomic E-state index is 9.57. The monoisotopic (exact) mass is 292 g/mol. The van der Waals surface area contributed by atoms with Crippen LogP contribution in [0.25, 0.3) is 0 Å². The molecular weight excluding hydrogens is 256 g/mol. The van der Waals surface area contributed by atoms with Crippen LogP contribution in [0.15, 0.2) is 0 Å². The van der Waals surface area contributed by atoms with Gasteiger partial charge in [-0.05, 0) is 56.5 Å². The topological polar surface area (TPSA) is 27.0 Å². The molecular formula is C19H36N2. The van der Waals surface area contributed by atoms with Gasteiger partial charge in [0, 0.05) is 6.04 Å². The summed E-state index contributed by atoms with van der Waals surface area (Å²) in [7, 11) is 0. The molecule has 0 aromatic heterocycles. The van der Waals surface area contributed by atoms with Crippen LogP contribution in [-0.4, -0.2) is 24.0 Å². The van der Waals surface area contributed by atoms with Crippen molar-refractivity contribution >= 4 is 0 Å². The highest BCUT2D eigenvalue weighted by atomic mass is 15.2. The number of unbranched alkanes of at least 4 members (excludes halogenated alkanes) is 2. The predicted octanol–water partition coefficient (Wildman–Crippen LogP) is 5.24. The first-order valence-corrected chi connectivity index (χ1v) is 9.07. The molecule has 0 radical (unpaired) electrons.